The van der Waals surface area contributed by atoms with Gasteiger partial charge in [-0.25, -0.2) is 4.79 Å². The first-order valence-corrected chi connectivity index (χ1v) is 5.54. The third kappa shape index (κ3) is 2.93. The number of carbonyl (C=O) groups is 1. The van der Waals surface area contributed by atoms with Crippen molar-refractivity contribution in [3.8, 4) is 0 Å². The van der Waals surface area contributed by atoms with Crippen LogP contribution in [0.25, 0.3) is 0 Å². The van der Waals surface area contributed by atoms with E-state index >= 15 is 0 Å². The van der Waals surface area contributed by atoms with E-state index in [2.05, 4.69) is 0 Å². The zero-order chi connectivity index (χ0) is 13.7. The van der Waals surface area contributed by atoms with Crippen LogP contribution in [0, 0.1) is 10.1 Å². The second kappa shape index (κ2) is 5.95. The Bertz CT molecular complexity index is 508. The number of rotatable bonds is 5. The van der Waals surface area contributed by atoms with Crippen molar-refractivity contribution in [1.29, 1.82) is 0 Å². The van der Waals surface area contributed by atoms with Crippen molar-refractivity contribution in [1.82, 2.24) is 4.57 Å². The molecule has 0 spiro atoms. The predicted molar refractivity (Wildman–Crippen MR) is 63.3 cm³/mol. The molecule has 7 nitrogen and oxygen atoms in total. The smallest absolute Gasteiger partial charge is 0.329 e. The van der Waals surface area contributed by atoms with Gasteiger partial charge in [-0.2, -0.15) is 0 Å². The highest BCUT2D eigenvalue weighted by Crippen LogP contribution is 2.15. The molecule has 0 aliphatic heterocycles. The zero-order valence-electron chi connectivity index (χ0n) is 10.2. The fraction of sp³-hybridized carbons (Fsp3) is 0.455. The van der Waals surface area contributed by atoms with Gasteiger partial charge in [-0.3, -0.25) is 19.5 Å². The second-order valence-electron chi connectivity index (χ2n) is 3.57. The highest BCUT2D eigenvalue weighted by molar-refractivity contribution is 5.74. The van der Waals surface area contributed by atoms with Crippen molar-refractivity contribution in [2.75, 3.05) is 6.61 Å². The van der Waals surface area contributed by atoms with Gasteiger partial charge < -0.3 is 4.74 Å². The second-order valence-corrected chi connectivity index (χ2v) is 3.57. The number of esters is 1. The Kier molecular flexibility index (Phi) is 4.59. The molecule has 0 bridgehead atoms. The summed E-state index contributed by atoms with van der Waals surface area (Å²) in [5.41, 5.74) is -0.710. The lowest BCUT2D eigenvalue weighted by Gasteiger charge is -2.15. The molecule has 1 unspecified atom stereocenters. The molecular weight excluding hydrogens is 240 g/mol. The molecule has 1 aromatic rings. The van der Waals surface area contributed by atoms with E-state index in [4.69, 9.17) is 4.74 Å². The van der Waals surface area contributed by atoms with Crippen molar-refractivity contribution >= 4 is 11.7 Å². The van der Waals surface area contributed by atoms with Crippen LogP contribution in [0.5, 0.6) is 0 Å². The molecule has 0 amide bonds. The minimum absolute atomic E-state index is 0.193. The molecule has 0 aromatic carbocycles. The Balaban J connectivity index is 3.20. The van der Waals surface area contributed by atoms with E-state index in [-0.39, 0.29) is 12.3 Å². The molecule has 0 radical (unpaired) electrons. The number of carbonyl (C=O) groups excluding carboxylic acids is 1. The van der Waals surface area contributed by atoms with Crippen molar-refractivity contribution in [2.45, 2.75) is 26.3 Å². The van der Waals surface area contributed by atoms with Gasteiger partial charge in [0.15, 0.2) is 0 Å². The van der Waals surface area contributed by atoms with Gasteiger partial charge in [-0.1, -0.05) is 6.92 Å². The summed E-state index contributed by atoms with van der Waals surface area (Å²) in [7, 11) is 0. The quantitative estimate of drug-likeness (QED) is 0.448. The maximum absolute atomic E-state index is 11.7. The van der Waals surface area contributed by atoms with Crippen LogP contribution in [0.15, 0.2) is 23.1 Å². The molecule has 7 heteroatoms. The van der Waals surface area contributed by atoms with E-state index in [1.165, 1.54) is 0 Å². The van der Waals surface area contributed by atoms with Crippen LogP contribution in [0.4, 0.5) is 5.69 Å². The maximum Gasteiger partial charge on any atom is 0.329 e. The molecule has 1 atom stereocenters. The molecule has 0 aliphatic rings. The highest BCUT2D eigenvalue weighted by atomic mass is 16.6. The van der Waals surface area contributed by atoms with Crippen LogP contribution >= 0.6 is 0 Å². The maximum atomic E-state index is 11.7. The molecule has 18 heavy (non-hydrogen) atoms. The van der Waals surface area contributed by atoms with Crippen LogP contribution in [-0.2, 0) is 9.53 Å². The molecule has 0 N–H and O–H groups in total. The minimum Gasteiger partial charge on any atom is -0.464 e. The Morgan fingerprint density at radius 1 is 1.50 bits per heavy atom. The van der Waals surface area contributed by atoms with Crippen molar-refractivity contribution in [3.05, 3.63) is 38.8 Å². The summed E-state index contributed by atoms with van der Waals surface area (Å²) in [6.45, 7) is 3.55. The molecule has 0 saturated heterocycles. The van der Waals surface area contributed by atoms with Gasteiger partial charge in [0.2, 0.25) is 0 Å². The molecule has 1 rings (SSSR count). The lowest BCUT2D eigenvalue weighted by molar-refractivity contribution is -0.385. The number of hydrogen-bond donors (Lipinski definition) is 0. The van der Waals surface area contributed by atoms with E-state index in [9.17, 15) is 19.7 Å². The fourth-order valence-corrected chi connectivity index (χ4v) is 1.56. The van der Waals surface area contributed by atoms with Crippen LogP contribution in [0.2, 0.25) is 0 Å². The van der Waals surface area contributed by atoms with Gasteiger partial charge in [-0.05, 0) is 13.3 Å². The summed E-state index contributed by atoms with van der Waals surface area (Å²) >= 11 is 0. The van der Waals surface area contributed by atoms with Gasteiger partial charge >= 0.3 is 5.97 Å². The topological polar surface area (TPSA) is 91.4 Å². The molecule has 0 saturated carbocycles. The molecule has 98 valence electrons. The number of nitrogens with zero attached hydrogens (tertiary/aromatic N) is 2. The third-order valence-corrected chi connectivity index (χ3v) is 2.41. The van der Waals surface area contributed by atoms with Crippen molar-refractivity contribution in [2.24, 2.45) is 0 Å². The Labute approximate surface area is 103 Å². The van der Waals surface area contributed by atoms with Crippen LogP contribution in [-0.4, -0.2) is 22.1 Å². The Morgan fingerprint density at radius 3 is 2.67 bits per heavy atom. The lowest BCUT2D eigenvalue weighted by Crippen LogP contribution is -2.30. The lowest BCUT2D eigenvalue weighted by atomic mass is 10.2. The van der Waals surface area contributed by atoms with Gasteiger partial charge in [0, 0.05) is 12.1 Å². The van der Waals surface area contributed by atoms with Gasteiger partial charge in [-0.15, -0.1) is 0 Å². The average molecular weight is 254 g/mol. The number of pyridine rings is 1. The monoisotopic (exact) mass is 254 g/mol. The van der Waals surface area contributed by atoms with Gasteiger partial charge in [0.1, 0.15) is 6.04 Å². The number of ether oxygens (including phenoxy) is 1. The molecule has 0 fully saturated rings. The average Bonchev–Trinajstić information content (AvgIpc) is 2.32. The number of aromatic nitrogens is 1. The van der Waals surface area contributed by atoms with E-state index in [1.54, 1.807) is 13.8 Å². The van der Waals surface area contributed by atoms with E-state index in [0.29, 0.717) is 6.42 Å². The third-order valence-electron chi connectivity index (χ3n) is 2.41. The molecule has 1 heterocycles. The van der Waals surface area contributed by atoms with Gasteiger partial charge in [0.05, 0.1) is 17.7 Å². The summed E-state index contributed by atoms with van der Waals surface area (Å²) in [4.78, 5) is 33.3. The first-order valence-electron chi connectivity index (χ1n) is 5.54. The van der Waals surface area contributed by atoms with Crippen molar-refractivity contribution in [3.63, 3.8) is 0 Å². The first kappa shape index (κ1) is 13.9. The Hall–Kier alpha value is -2.18. The van der Waals surface area contributed by atoms with E-state index < -0.39 is 22.5 Å². The summed E-state index contributed by atoms with van der Waals surface area (Å²) in [5, 5.41) is 10.6. The van der Waals surface area contributed by atoms with Crippen molar-refractivity contribution < 1.29 is 14.5 Å². The largest absolute Gasteiger partial charge is 0.464 e. The molecule has 1 aromatic heterocycles. The van der Waals surface area contributed by atoms with Crippen LogP contribution in [0.1, 0.15) is 26.3 Å². The predicted octanol–water partition coefficient (Wildman–Crippen LogP) is 1.27. The van der Waals surface area contributed by atoms with Gasteiger partial charge in [0.25, 0.3) is 11.2 Å². The van der Waals surface area contributed by atoms with Crippen LogP contribution < -0.4 is 5.56 Å². The molecular formula is C11H14N2O5. The number of nitro groups is 1. The summed E-state index contributed by atoms with van der Waals surface area (Å²) < 4.78 is 5.87. The van der Waals surface area contributed by atoms with E-state index in [0.717, 1.165) is 22.9 Å². The highest BCUT2D eigenvalue weighted by Gasteiger charge is 2.22. The normalized spacial score (nSPS) is 11.9. The van der Waals surface area contributed by atoms with E-state index in [1.807, 2.05) is 0 Å². The molecule has 0 aliphatic carbocycles. The zero-order valence-corrected chi connectivity index (χ0v) is 10.2. The fourth-order valence-electron chi connectivity index (χ4n) is 1.56. The summed E-state index contributed by atoms with van der Waals surface area (Å²) in [5.74, 6) is -0.567. The summed E-state index contributed by atoms with van der Waals surface area (Å²) in [6, 6.07) is 1.34. The van der Waals surface area contributed by atoms with Crippen LogP contribution in [0.3, 0.4) is 0 Å². The minimum atomic E-state index is -0.836. The SMILES string of the molecule is CCOC(=O)C(CC)n1cc([N+](=O)[O-])ccc1=O. The first-order chi connectivity index (χ1) is 8.51. The summed E-state index contributed by atoms with van der Waals surface area (Å²) in [6.07, 6.45) is 1.38. The standard InChI is InChI=1S/C11H14N2O5/c1-3-9(11(15)18-4-2)12-7-8(13(16)17)5-6-10(12)14/h5-7,9H,3-4H2,1-2H3. The Morgan fingerprint density at radius 2 is 2.17 bits per heavy atom. The number of hydrogen-bond acceptors (Lipinski definition) is 5.